The van der Waals surface area contributed by atoms with Gasteiger partial charge in [-0.25, -0.2) is 9.97 Å². The van der Waals surface area contributed by atoms with Gasteiger partial charge in [-0.15, -0.1) is 11.3 Å². The van der Waals surface area contributed by atoms with E-state index in [1.54, 1.807) is 6.07 Å². The van der Waals surface area contributed by atoms with Gasteiger partial charge >= 0.3 is 6.18 Å². The average molecular weight is 419 g/mol. The highest BCUT2D eigenvalue weighted by Crippen LogP contribution is 2.40. The van der Waals surface area contributed by atoms with Gasteiger partial charge in [-0.2, -0.15) is 13.2 Å². The number of amides is 1. The molecule has 0 atom stereocenters. The van der Waals surface area contributed by atoms with Crippen molar-refractivity contribution in [1.29, 1.82) is 0 Å². The van der Waals surface area contributed by atoms with Gasteiger partial charge in [0.25, 0.3) is 5.91 Å². The van der Waals surface area contributed by atoms with Crippen LogP contribution in [-0.2, 0) is 12.7 Å². The number of carbonyl (C=O) groups excluding carboxylic acids is 1. The average Bonchev–Trinajstić information content (AvgIpc) is 3.44. The van der Waals surface area contributed by atoms with Crippen LogP contribution in [0.2, 0.25) is 0 Å². The summed E-state index contributed by atoms with van der Waals surface area (Å²) in [6.45, 7) is 3.63. The van der Waals surface area contributed by atoms with Gasteiger partial charge in [0.15, 0.2) is 0 Å². The van der Waals surface area contributed by atoms with Gasteiger partial charge in [0.2, 0.25) is 0 Å². The third-order valence-electron chi connectivity index (χ3n) is 5.20. The Morgan fingerprint density at radius 2 is 1.90 bits per heavy atom. The van der Waals surface area contributed by atoms with Crippen LogP contribution in [-0.4, -0.2) is 27.8 Å². The highest BCUT2D eigenvalue weighted by molar-refractivity contribution is 7.20. The Hall–Kier alpha value is -2.48. The number of thiophene rings is 1. The van der Waals surface area contributed by atoms with Gasteiger partial charge < -0.3 is 4.90 Å². The third kappa shape index (κ3) is 3.73. The fourth-order valence-corrected chi connectivity index (χ4v) is 4.76. The first-order chi connectivity index (χ1) is 13.7. The monoisotopic (exact) mass is 419 g/mol. The summed E-state index contributed by atoms with van der Waals surface area (Å²) >= 11 is 1.29. The normalized spacial score (nSPS) is 14.4. The molecule has 0 spiro atoms. The molecule has 4 rings (SSSR count). The van der Waals surface area contributed by atoms with Crippen LogP contribution in [0.25, 0.3) is 10.2 Å². The highest BCUT2D eigenvalue weighted by Gasteiger charge is 2.34. The minimum Gasteiger partial charge on any atom is -0.337 e. The second-order valence-corrected chi connectivity index (χ2v) is 8.49. The van der Waals surface area contributed by atoms with Crippen molar-refractivity contribution >= 4 is 27.5 Å². The second-order valence-electron chi connectivity index (χ2n) is 7.49. The molecule has 0 bridgehead atoms. The van der Waals surface area contributed by atoms with Crippen LogP contribution in [0.1, 0.15) is 56.6 Å². The Labute approximate surface area is 170 Å². The van der Waals surface area contributed by atoms with Crippen LogP contribution in [0.3, 0.4) is 0 Å². The summed E-state index contributed by atoms with van der Waals surface area (Å²) in [4.78, 5) is 24.9. The molecule has 0 aliphatic heterocycles. The van der Waals surface area contributed by atoms with Crippen molar-refractivity contribution < 1.29 is 18.0 Å². The Kier molecular flexibility index (Phi) is 4.85. The first kappa shape index (κ1) is 19.8. The maximum Gasteiger partial charge on any atom is 0.416 e. The number of aryl methyl sites for hydroxylation is 2. The molecule has 0 N–H and O–H groups in total. The van der Waals surface area contributed by atoms with Crippen molar-refractivity contribution in [2.45, 2.75) is 45.3 Å². The molecular weight excluding hydrogens is 399 g/mol. The first-order valence-corrected chi connectivity index (χ1v) is 10.2. The maximum atomic E-state index is 13.3. The molecule has 1 aromatic carbocycles. The maximum absolute atomic E-state index is 13.3. The number of hydrogen-bond acceptors (Lipinski definition) is 4. The molecule has 0 saturated heterocycles. The summed E-state index contributed by atoms with van der Waals surface area (Å²) in [6, 6.07) is 5.34. The predicted octanol–water partition coefficient (Wildman–Crippen LogP) is 5.48. The van der Waals surface area contributed by atoms with E-state index in [9.17, 15) is 18.0 Å². The van der Waals surface area contributed by atoms with Crippen LogP contribution in [0.5, 0.6) is 0 Å². The number of hydrogen-bond donors (Lipinski definition) is 0. The number of halogens is 3. The fraction of sp³-hybridized carbons (Fsp3) is 0.381. The van der Waals surface area contributed by atoms with Crippen molar-refractivity contribution in [2.24, 2.45) is 0 Å². The minimum atomic E-state index is -4.46. The summed E-state index contributed by atoms with van der Waals surface area (Å²) in [7, 11) is 1.52. The van der Waals surface area contributed by atoms with Crippen molar-refractivity contribution in [3.8, 4) is 0 Å². The zero-order valence-electron chi connectivity index (χ0n) is 16.3. The number of rotatable bonds is 4. The molecule has 1 saturated carbocycles. The standard InChI is InChI=1S/C21H20F3N3OS/c1-11-16-12(2)25-18(13-8-9-13)26-19(16)29-17(11)20(28)27(3)10-14-6-4-5-7-15(14)21(22,23)24/h4-7,13H,8-10H2,1-3H3. The van der Waals surface area contributed by atoms with Gasteiger partial charge in [-0.3, -0.25) is 4.79 Å². The quantitative estimate of drug-likeness (QED) is 0.563. The summed E-state index contributed by atoms with van der Waals surface area (Å²) < 4.78 is 39.8. The van der Waals surface area contributed by atoms with Crippen molar-refractivity contribution in [3.05, 3.63) is 57.4 Å². The number of alkyl halides is 3. The summed E-state index contributed by atoms with van der Waals surface area (Å²) in [6.07, 6.45) is -2.29. The lowest BCUT2D eigenvalue weighted by molar-refractivity contribution is -0.138. The van der Waals surface area contributed by atoms with Crippen LogP contribution in [0, 0.1) is 13.8 Å². The molecule has 3 aromatic rings. The number of carbonyl (C=O) groups is 1. The summed E-state index contributed by atoms with van der Waals surface area (Å²) in [5, 5.41) is 0.867. The van der Waals surface area contributed by atoms with Gasteiger partial charge in [0, 0.05) is 24.9 Å². The molecule has 2 aromatic heterocycles. The SMILES string of the molecule is Cc1nc(C2CC2)nc2sc(C(=O)N(C)Cc3ccccc3C(F)(F)F)c(C)c12. The van der Waals surface area contributed by atoms with Gasteiger partial charge in [-0.1, -0.05) is 18.2 Å². The van der Waals surface area contributed by atoms with E-state index in [4.69, 9.17) is 0 Å². The van der Waals surface area contributed by atoms with E-state index >= 15 is 0 Å². The molecule has 152 valence electrons. The molecular formula is C21H20F3N3OS. The highest BCUT2D eigenvalue weighted by atomic mass is 32.1. The van der Waals surface area contributed by atoms with E-state index in [-0.39, 0.29) is 18.0 Å². The number of aromatic nitrogens is 2. The van der Waals surface area contributed by atoms with E-state index in [1.807, 2.05) is 13.8 Å². The molecule has 1 amide bonds. The van der Waals surface area contributed by atoms with Crippen LogP contribution in [0.15, 0.2) is 24.3 Å². The lowest BCUT2D eigenvalue weighted by Gasteiger charge is -2.20. The summed E-state index contributed by atoms with van der Waals surface area (Å²) in [5.74, 6) is 0.916. The Balaban J connectivity index is 1.65. The zero-order chi connectivity index (χ0) is 20.9. The smallest absolute Gasteiger partial charge is 0.337 e. The third-order valence-corrected chi connectivity index (χ3v) is 6.38. The molecule has 2 heterocycles. The number of nitrogens with zero attached hydrogens (tertiary/aromatic N) is 3. The van der Waals surface area contributed by atoms with E-state index < -0.39 is 11.7 Å². The zero-order valence-corrected chi connectivity index (χ0v) is 17.1. The van der Waals surface area contributed by atoms with Gasteiger partial charge in [-0.05, 0) is 43.9 Å². The van der Waals surface area contributed by atoms with E-state index in [0.717, 1.165) is 46.2 Å². The second kappa shape index (κ2) is 7.09. The molecule has 0 unspecified atom stereocenters. The number of benzene rings is 1. The lowest BCUT2D eigenvalue weighted by atomic mass is 10.1. The molecule has 0 radical (unpaired) electrons. The van der Waals surface area contributed by atoms with Crippen LogP contribution < -0.4 is 0 Å². The van der Waals surface area contributed by atoms with Gasteiger partial charge in [0.1, 0.15) is 10.7 Å². The molecule has 29 heavy (non-hydrogen) atoms. The fourth-order valence-electron chi connectivity index (χ4n) is 3.52. The molecule has 1 aliphatic carbocycles. The minimum absolute atomic E-state index is 0.0709. The lowest BCUT2D eigenvalue weighted by Crippen LogP contribution is -2.27. The van der Waals surface area contributed by atoms with E-state index in [1.165, 1.54) is 35.4 Å². The van der Waals surface area contributed by atoms with Crippen LogP contribution >= 0.6 is 11.3 Å². The summed E-state index contributed by atoms with van der Waals surface area (Å²) in [5.41, 5.74) is 0.977. The molecule has 1 aliphatic rings. The van der Waals surface area contributed by atoms with Gasteiger partial charge in [0.05, 0.1) is 16.1 Å². The largest absolute Gasteiger partial charge is 0.416 e. The van der Waals surface area contributed by atoms with Crippen molar-refractivity contribution in [1.82, 2.24) is 14.9 Å². The first-order valence-electron chi connectivity index (χ1n) is 9.35. The van der Waals surface area contributed by atoms with Crippen molar-refractivity contribution in [3.63, 3.8) is 0 Å². The van der Waals surface area contributed by atoms with Crippen molar-refractivity contribution in [2.75, 3.05) is 7.05 Å². The molecule has 8 heteroatoms. The topological polar surface area (TPSA) is 46.1 Å². The Morgan fingerprint density at radius 3 is 2.55 bits per heavy atom. The Bertz CT molecular complexity index is 1100. The van der Waals surface area contributed by atoms with E-state index in [2.05, 4.69) is 9.97 Å². The Morgan fingerprint density at radius 1 is 1.21 bits per heavy atom. The molecule has 4 nitrogen and oxygen atoms in total. The number of fused-ring (bicyclic) bond motifs is 1. The molecule has 1 fully saturated rings. The van der Waals surface area contributed by atoms with E-state index in [0.29, 0.717) is 10.8 Å². The predicted molar refractivity (Wildman–Crippen MR) is 106 cm³/mol. The van der Waals surface area contributed by atoms with Crippen LogP contribution in [0.4, 0.5) is 13.2 Å².